The van der Waals surface area contributed by atoms with E-state index in [4.69, 9.17) is 0 Å². The van der Waals surface area contributed by atoms with Crippen LogP contribution in [-0.2, 0) is 23.1 Å². The number of nitrogens with one attached hydrogen (secondary N) is 1. The monoisotopic (exact) mass is 463 g/mol. The third-order valence-electron chi connectivity index (χ3n) is 5.91. The molecule has 0 radical (unpaired) electrons. The predicted octanol–water partition coefficient (Wildman–Crippen LogP) is 3.43. The van der Waals surface area contributed by atoms with Crippen molar-refractivity contribution in [1.29, 1.82) is 0 Å². The fourth-order valence-corrected chi connectivity index (χ4v) is 5.31. The van der Waals surface area contributed by atoms with Crippen molar-refractivity contribution in [3.63, 3.8) is 0 Å². The van der Waals surface area contributed by atoms with E-state index in [1.807, 2.05) is 73.7 Å². The van der Waals surface area contributed by atoms with Crippen LogP contribution in [0.5, 0.6) is 0 Å². The third-order valence-corrected chi connectivity index (χ3v) is 7.82. The molecule has 0 bridgehead atoms. The van der Waals surface area contributed by atoms with Crippen LogP contribution in [0.15, 0.2) is 83.8 Å². The van der Waals surface area contributed by atoms with Crippen LogP contribution in [0.4, 0.5) is 0 Å². The number of carbonyl (C=O) groups excluding carboxylic acids is 1. The second-order valence-corrected chi connectivity index (χ2v) is 10.3. The number of piperazine rings is 1. The SMILES string of the molecule is Cc1ccc(S(=O)(=O)N2CCN(Cc3ccc(C(=O)NCc4ccccc4)cc3)CC2)cc1. The van der Waals surface area contributed by atoms with E-state index in [9.17, 15) is 13.2 Å². The zero-order valence-electron chi connectivity index (χ0n) is 18.8. The molecule has 7 heteroatoms. The molecule has 1 saturated heterocycles. The van der Waals surface area contributed by atoms with E-state index in [-0.39, 0.29) is 5.91 Å². The second kappa shape index (κ2) is 10.3. The Kier molecular flexibility index (Phi) is 7.23. The van der Waals surface area contributed by atoms with Crippen LogP contribution in [0.25, 0.3) is 0 Å². The number of carbonyl (C=O) groups is 1. The van der Waals surface area contributed by atoms with Gasteiger partial charge in [-0.15, -0.1) is 0 Å². The van der Waals surface area contributed by atoms with Crippen LogP contribution < -0.4 is 5.32 Å². The van der Waals surface area contributed by atoms with Crippen LogP contribution in [0.3, 0.4) is 0 Å². The van der Waals surface area contributed by atoms with Crippen LogP contribution in [0.2, 0.25) is 0 Å². The van der Waals surface area contributed by atoms with Crippen LogP contribution in [0.1, 0.15) is 27.0 Å². The topological polar surface area (TPSA) is 69.7 Å². The Balaban J connectivity index is 1.28. The lowest BCUT2D eigenvalue weighted by Gasteiger charge is -2.34. The van der Waals surface area contributed by atoms with Gasteiger partial charge in [-0.25, -0.2) is 8.42 Å². The Morgan fingerprint density at radius 2 is 1.45 bits per heavy atom. The van der Waals surface area contributed by atoms with Crippen molar-refractivity contribution in [2.24, 2.45) is 0 Å². The van der Waals surface area contributed by atoms with Gasteiger partial charge in [0.25, 0.3) is 5.91 Å². The summed E-state index contributed by atoms with van der Waals surface area (Å²) in [4.78, 5) is 15.0. The number of benzene rings is 3. The molecule has 1 heterocycles. The molecule has 0 aromatic heterocycles. The first kappa shape index (κ1) is 23.2. The lowest BCUT2D eigenvalue weighted by atomic mass is 10.1. The van der Waals surface area contributed by atoms with Gasteiger partial charge in [0.1, 0.15) is 0 Å². The summed E-state index contributed by atoms with van der Waals surface area (Å²) in [5, 5.41) is 2.94. The highest BCUT2D eigenvalue weighted by molar-refractivity contribution is 7.89. The second-order valence-electron chi connectivity index (χ2n) is 8.36. The van der Waals surface area contributed by atoms with Crippen molar-refractivity contribution in [1.82, 2.24) is 14.5 Å². The molecule has 1 fully saturated rings. The molecule has 0 saturated carbocycles. The maximum Gasteiger partial charge on any atom is 0.251 e. The Morgan fingerprint density at radius 1 is 0.818 bits per heavy atom. The summed E-state index contributed by atoms with van der Waals surface area (Å²) in [6, 6.07) is 24.4. The molecule has 172 valence electrons. The Hall–Kier alpha value is -3.00. The molecular weight excluding hydrogens is 434 g/mol. The van der Waals surface area contributed by atoms with Crippen LogP contribution in [0, 0.1) is 6.92 Å². The predicted molar refractivity (Wildman–Crippen MR) is 129 cm³/mol. The molecule has 0 unspecified atom stereocenters. The minimum Gasteiger partial charge on any atom is -0.348 e. The highest BCUT2D eigenvalue weighted by Crippen LogP contribution is 2.19. The average Bonchev–Trinajstić information content (AvgIpc) is 2.84. The van der Waals surface area contributed by atoms with E-state index in [2.05, 4.69) is 10.2 Å². The number of sulfonamides is 1. The molecule has 3 aromatic carbocycles. The van der Waals surface area contributed by atoms with Crippen molar-refractivity contribution in [2.75, 3.05) is 26.2 Å². The van der Waals surface area contributed by atoms with Gasteiger partial charge in [-0.1, -0.05) is 60.2 Å². The molecule has 0 atom stereocenters. The van der Waals surface area contributed by atoms with Crippen molar-refractivity contribution in [3.8, 4) is 0 Å². The molecule has 1 aliphatic heterocycles. The van der Waals surface area contributed by atoms with E-state index in [1.165, 1.54) is 0 Å². The molecule has 1 amide bonds. The molecule has 6 nitrogen and oxygen atoms in total. The maximum absolute atomic E-state index is 12.9. The van der Waals surface area contributed by atoms with Crippen molar-refractivity contribution in [2.45, 2.75) is 24.9 Å². The fourth-order valence-electron chi connectivity index (χ4n) is 3.89. The van der Waals surface area contributed by atoms with Gasteiger partial charge >= 0.3 is 0 Å². The highest BCUT2D eigenvalue weighted by Gasteiger charge is 2.28. The highest BCUT2D eigenvalue weighted by atomic mass is 32.2. The number of rotatable bonds is 7. The fraction of sp³-hybridized carbons (Fsp3) is 0.269. The molecule has 33 heavy (non-hydrogen) atoms. The largest absolute Gasteiger partial charge is 0.348 e. The van der Waals surface area contributed by atoms with E-state index in [1.54, 1.807) is 16.4 Å². The summed E-state index contributed by atoms with van der Waals surface area (Å²) in [6.45, 7) is 5.45. The average molecular weight is 464 g/mol. The minimum absolute atomic E-state index is 0.0969. The minimum atomic E-state index is -3.45. The van der Waals surface area contributed by atoms with Gasteiger partial charge in [0, 0.05) is 44.8 Å². The molecule has 1 aliphatic rings. The maximum atomic E-state index is 12.9. The third kappa shape index (κ3) is 5.87. The van der Waals surface area contributed by atoms with Gasteiger partial charge in [0.2, 0.25) is 10.0 Å². The number of aryl methyl sites for hydroxylation is 1. The first-order valence-corrected chi connectivity index (χ1v) is 12.6. The molecular formula is C26H29N3O3S. The first-order chi connectivity index (χ1) is 15.9. The summed E-state index contributed by atoms with van der Waals surface area (Å²) in [5.74, 6) is -0.0969. The van der Waals surface area contributed by atoms with Gasteiger partial charge in [-0.05, 0) is 42.3 Å². The standard InChI is InChI=1S/C26H29N3O3S/c1-21-7-13-25(14-8-21)33(31,32)29-17-15-28(16-18-29)20-23-9-11-24(12-10-23)26(30)27-19-22-5-3-2-4-6-22/h2-14H,15-20H2,1H3,(H,27,30). The van der Waals surface area contributed by atoms with Crippen LogP contribution >= 0.6 is 0 Å². The van der Waals surface area contributed by atoms with Gasteiger partial charge in [0.15, 0.2) is 0 Å². The van der Waals surface area contributed by atoms with Gasteiger partial charge in [0.05, 0.1) is 4.90 Å². The molecule has 4 rings (SSSR count). The van der Waals surface area contributed by atoms with E-state index >= 15 is 0 Å². The van der Waals surface area contributed by atoms with Crippen molar-refractivity contribution >= 4 is 15.9 Å². The Morgan fingerprint density at radius 3 is 2.09 bits per heavy atom. The normalized spacial score (nSPS) is 15.3. The zero-order chi connectivity index (χ0) is 23.3. The van der Waals surface area contributed by atoms with E-state index in [0.717, 1.165) is 23.2 Å². The smallest absolute Gasteiger partial charge is 0.251 e. The number of nitrogens with zero attached hydrogens (tertiary/aromatic N) is 2. The quantitative estimate of drug-likeness (QED) is 0.583. The Bertz CT molecular complexity index is 1170. The summed E-state index contributed by atoms with van der Waals surface area (Å²) in [6.07, 6.45) is 0. The lowest BCUT2D eigenvalue weighted by molar-refractivity contribution is 0.0951. The van der Waals surface area contributed by atoms with E-state index < -0.39 is 10.0 Å². The summed E-state index contributed by atoms with van der Waals surface area (Å²) >= 11 is 0. The van der Waals surface area contributed by atoms with Gasteiger partial charge < -0.3 is 5.32 Å². The number of hydrogen-bond acceptors (Lipinski definition) is 4. The molecule has 1 N–H and O–H groups in total. The summed E-state index contributed by atoms with van der Waals surface area (Å²) in [5.41, 5.74) is 3.83. The number of hydrogen-bond donors (Lipinski definition) is 1. The van der Waals surface area contributed by atoms with Gasteiger partial charge in [-0.2, -0.15) is 4.31 Å². The lowest BCUT2D eigenvalue weighted by Crippen LogP contribution is -2.48. The molecule has 0 spiro atoms. The van der Waals surface area contributed by atoms with Crippen molar-refractivity contribution < 1.29 is 13.2 Å². The summed E-state index contributed by atoms with van der Waals surface area (Å²) in [7, 11) is -3.45. The van der Waals surface area contributed by atoms with E-state index in [0.29, 0.717) is 43.2 Å². The van der Waals surface area contributed by atoms with Gasteiger partial charge in [-0.3, -0.25) is 9.69 Å². The zero-order valence-corrected chi connectivity index (χ0v) is 19.6. The first-order valence-electron chi connectivity index (χ1n) is 11.1. The Labute approximate surface area is 195 Å². The number of amides is 1. The molecule has 0 aliphatic carbocycles. The summed E-state index contributed by atoms with van der Waals surface area (Å²) < 4.78 is 27.3. The van der Waals surface area contributed by atoms with Crippen molar-refractivity contribution in [3.05, 3.63) is 101 Å². The van der Waals surface area contributed by atoms with Crippen LogP contribution in [-0.4, -0.2) is 49.7 Å². The molecule has 3 aromatic rings.